The summed E-state index contributed by atoms with van der Waals surface area (Å²) in [5.74, 6) is -0.429. The SMILES string of the molecule is O=C(Nc1ccc(Br)cc1-c1nc2ccccc2s1)c1ccc(N2CCOCC2)c([N+](=O)[O-])c1. The number of nitrogens with zero attached hydrogens (tertiary/aromatic N) is 3. The zero-order chi connectivity index (χ0) is 23.7. The summed E-state index contributed by atoms with van der Waals surface area (Å²) in [4.78, 5) is 31.0. The van der Waals surface area contributed by atoms with Crippen LogP contribution in [0.2, 0.25) is 0 Å². The van der Waals surface area contributed by atoms with Crippen molar-refractivity contribution in [3.8, 4) is 10.6 Å². The summed E-state index contributed by atoms with van der Waals surface area (Å²) in [7, 11) is 0. The molecule has 34 heavy (non-hydrogen) atoms. The molecule has 0 bridgehead atoms. The Morgan fingerprint density at radius 2 is 1.91 bits per heavy atom. The van der Waals surface area contributed by atoms with Crippen LogP contribution >= 0.6 is 27.3 Å². The molecule has 1 aliphatic rings. The van der Waals surface area contributed by atoms with Crippen molar-refractivity contribution in [1.29, 1.82) is 0 Å². The van der Waals surface area contributed by atoms with E-state index >= 15 is 0 Å². The van der Waals surface area contributed by atoms with E-state index in [0.717, 1.165) is 25.3 Å². The molecule has 1 aliphatic heterocycles. The van der Waals surface area contributed by atoms with E-state index in [9.17, 15) is 14.9 Å². The summed E-state index contributed by atoms with van der Waals surface area (Å²) in [6, 6.07) is 17.9. The van der Waals surface area contributed by atoms with Crippen molar-refractivity contribution < 1.29 is 14.5 Å². The number of benzene rings is 3. The summed E-state index contributed by atoms with van der Waals surface area (Å²) in [5, 5.41) is 15.4. The van der Waals surface area contributed by atoms with Gasteiger partial charge in [0.05, 0.1) is 34.0 Å². The van der Waals surface area contributed by atoms with Gasteiger partial charge in [0.1, 0.15) is 10.7 Å². The number of carbonyl (C=O) groups excluding carboxylic acids is 1. The lowest BCUT2D eigenvalue weighted by molar-refractivity contribution is -0.384. The number of thiazole rings is 1. The lowest BCUT2D eigenvalue weighted by atomic mass is 10.1. The van der Waals surface area contributed by atoms with Crippen LogP contribution in [0.25, 0.3) is 20.8 Å². The van der Waals surface area contributed by atoms with E-state index in [1.54, 1.807) is 18.2 Å². The van der Waals surface area contributed by atoms with Crippen LogP contribution in [0.15, 0.2) is 65.1 Å². The average molecular weight is 539 g/mol. The number of halogens is 1. The van der Waals surface area contributed by atoms with Gasteiger partial charge in [0, 0.05) is 34.8 Å². The molecule has 4 aromatic rings. The monoisotopic (exact) mass is 538 g/mol. The smallest absolute Gasteiger partial charge is 0.293 e. The van der Waals surface area contributed by atoms with Gasteiger partial charge in [-0.2, -0.15) is 0 Å². The molecule has 0 atom stereocenters. The fraction of sp³-hybridized carbons (Fsp3) is 0.167. The molecule has 1 fully saturated rings. The average Bonchev–Trinajstić information content (AvgIpc) is 3.29. The van der Waals surface area contributed by atoms with Crippen molar-refractivity contribution in [2.24, 2.45) is 0 Å². The lowest BCUT2D eigenvalue weighted by Gasteiger charge is -2.28. The molecule has 1 N–H and O–H groups in total. The number of anilines is 2. The molecular weight excluding hydrogens is 520 g/mol. The Bertz CT molecular complexity index is 1370. The molecule has 172 valence electrons. The van der Waals surface area contributed by atoms with E-state index < -0.39 is 10.8 Å². The van der Waals surface area contributed by atoms with E-state index in [1.165, 1.54) is 17.4 Å². The maximum Gasteiger partial charge on any atom is 0.293 e. The maximum atomic E-state index is 13.1. The highest BCUT2D eigenvalue weighted by Crippen LogP contribution is 2.37. The fourth-order valence-electron chi connectivity index (χ4n) is 3.87. The Morgan fingerprint density at radius 3 is 2.68 bits per heavy atom. The number of aromatic nitrogens is 1. The third kappa shape index (κ3) is 4.52. The van der Waals surface area contributed by atoms with Gasteiger partial charge in [-0.1, -0.05) is 28.1 Å². The first kappa shape index (κ1) is 22.5. The summed E-state index contributed by atoms with van der Waals surface area (Å²) in [5.41, 5.74) is 2.83. The van der Waals surface area contributed by atoms with Crippen LogP contribution in [0, 0.1) is 10.1 Å². The molecule has 0 spiro atoms. The Balaban J connectivity index is 1.46. The minimum atomic E-state index is -0.451. The molecule has 1 aromatic heterocycles. The zero-order valence-corrected chi connectivity index (χ0v) is 20.3. The second-order valence-corrected chi connectivity index (χ2v) is 9.64. The number of nitro groups is 1. The minimum absolute atomic E-state index is 0.100. The molecule has 0 aliphatic carbocycles. The number of amides is 1. The molecule has 1 amide bonds. The van der Waals surface area contributed by atoms with Crippen LogP contribution in [-0.2, 0) is 4.74 Å². The van der Waals surface area contributed by atoms with Gasteiger partial charge >= 0.3 is 0 Å². The van der Waals surface area contributed by atoms with E-state index in [0.29, 0.717) is 37.7 Å². The van der Waals surface area contributed by atoms with E-state index in [-0.39, 0.29) is 11.3 Å². The third-order valence-electron chi connectivity index (χ3n) is 5.54. The first-order chi connectivity index (χ1) is 16.5. The summed E-state index contributed by atoms with van der Waals surface area (Å²) in [6.07, 6.45) is 0. The van der Waals surface area contributed by atoms with Gasteiger partial charge in [-0.05, 0) is 42.5 Å². The quantitative estimate of drug-likeness (QED) is 0.257. The van der Waals surface area contributed by atoms with Crippen LogP contribution in [0.1, 0.15) is 10.4 Å². The lowest BCUT2D eigenvalue weighted by Crippen LogP contribution is -2.36. The molecule has 8 nitrogen and oxygen atoms in total. The summed E-state index contributed by atoms with van der Waals surface area (Å²) >= 11 is 5.03. The maximum absolute atomic E-state index is 13.1. The number of para-hydroxylation sites is 1. The van der Waals surface area contributed by atoms with Crippen molar-refractivity contribution in [2.75, 3.05) is 36.5 Å². The Kier molecular flexibility index (Phi) is 6.27. The molecular formula is C24H19BrN4O4S. The number of hydrogen-bond donors (Lipinski definition) is 1. The molecule has 5 rings (SSSR count). The Labute approximate surface area is 207 Å². The van der Waals surface area contributed by atoms with Crippen molar-refractivity contribution >= 4 is 60.5 Å². The molecule has 1 saturated heterocycles. The third-order valence-corrected chi connectivity index (χ3v) is 7.10. The van der Waals surface area contributed by atoms with Crippen molar-refractivity contribution in [3.63, 3.8) is 0 Å². The molecule has 10 heteroatoms. The van der Waals surface area contributed by atoms with Gasteiger partial charge in [0.2, 0.25) is 0 Å². The Hall–Kier alpha value is -3.34. The van der Waals surface area contributed by atoms with Gasteiger partial charge < -0.3 is 15.0 Å². The largest absolute Gasteiger partial charge is 0.378 e. The van der Waals surface area contributed by atoms with Gasteiger partial charge in [-0.3, -0.25) is 14.9 Å². The van der Waals surface area contributed by atoms with E-state index in [2.05, 4.69) is 21.2 Å². The topological polar surface area (TPSA) is 97.6 Å². The normalized spacial score (nSPS) is 13.7. The zero-order valence-electron chi connectivity index (χ0n) is 17.9. The predicted molar refractivity (Wildman–Crippen MR) is 137 cm³/mol. The first-order valence-corrected chi connectivity index (χ1v) is 12.2. The number of hydrogen-bond acceptors (Lipinski definition) is 7. The van der Waals surface area contributed by atoms with Gasteiger partial charge in [-0.25, -0.2) is 4.98 Å². The fourth-order valence-corrected chi connectivity index (χ4v) is 5.22. The number of morpholine rings is 1. The van der Waals surface area contributed by atoms with E-state index in [4.69, 9.17) is 9.72 Å². The number of nitro benzene ring substituents is 1. The highest BCUT2D eigenvalue weighted by molar-refractivity contribution is 9.10. The minimum Gasteiger partial charge on any atom is -0.378 e. The molecule has 0 radical (unpaired) electrons. The standard InChI is InChI=1S/C24H19BrN4O4S/c25-16-6-7-18(17(14-16)24-27-19-3-1-2-4-22(19)34-24)26-23(30)15-5-8-20(21(13-15)29(31)32)28-9-11-33-12-10-28/h1-8,13-14H,9-12H2,(H,26,30). The second kappa shape index (κ2) is 9.49. The van der Waals surface area contributed by atoms with Gasteiger partial charge in [-0.15, -0.1) is 11.3 Å². The number of carbonyl (C=O) groups is 1. The number of fused-ring (bicyclic) bond motifs is 1. The van der Waals surface area contributed by atoms with Crippen LogP contribution < -0.4 is 10.2 Å². The molecule has 3 aromatic carbocycles. The van der Waals surface area contributed by atoms with Crippen molar-refractivity contribution in [3.05, 3.63) is 80.8 Å². The van der Waals surface area contributed by atoms with Gasteiger partial charge in [0.15, 0.2) is 0 Å². The summed E-state index contributed by atoms with van der Waals surface area (Å²) < 4.78 is 7.24. The summed E-state index contributed by atoms with van der Waals surface area (Å²) in [6.45, 7) is 2.16. The van der Waals surface area contributed by atoms with Crippen LogP contribution in [0.5, 0.6) is 0 Å². The second-order valence-electron chi connectivity index (χ2n) is 7.69. The van der Waals surface area contributed by atoms with Crippen LogP contribution in [0.4, 0.5) is 17.1 Å². The van der Waals surface area contributed by atoms with Crippen LogP contribution in [0.3, 0.4) is 0 Å². The molecule has 0 unspecified atom stereocenters. The van der Waals surface area contributed by atoms with E-state index in [1.807, 2.05) is 41.3 Å². The number of nitrogens with one attached hydrogen (secondary N) is 1. The number of rotatable bonds is 5. The van der Waals surface area contributed by atoms with Crippen molar-refractivity contribution in [1.82, 2.24) is 4.98 Å². The first-order valence-electron chi connectivity index (χ1n) is 10.6. The number of ether oxygens (including phenoxy) is 1. The van der Waals surface area contributed by atoms with Crippen molar-refractivity contribution in [2.45, 2.75) is 0 Å². The Morgan fingerprint density at radius 1 is 1.12 bits per heavy atom. The highest BCUT2D eigenvalue weighted by Gasteiger charge is 2.24. The molecule has 2 heterocycles. The highest BCUT2D eigenvalue weighted by atomic mass is 79.9. The van der Waals surface area contributed by atoms with Gasteiger partial charge in [0.25, 0.3) is 11.6 Å². The predicted octanol–water partition coefficient (Wildman–Crippen LogP) is 5.72. The molecule has 0 saturated carbocycles. The van der Waals surface area contributed by atoms with Crippen LogP contribution in [-0.4, -0.2) is 42.1 Å².